The van der Waals surface area contributed by atoms with Crippen LogP contribution >= 0.6 is 0 Å². The summed E-state index contributed by atoms with van der Waals surface area (Å²) in [6.07, 6.45) is 0. The molecule has 4 heteroatoms. The van der Waals surface area contributed by atoms with Crippen molar-refractivity contribution in [3.63, 3.8) is 0 Å². The first kappa shape index (κ1) is 14.1. The molecule has 0 saturated heterocycles. The number of aryl methyl sites for hydroxylation is 2. The van der Waals surface area contributed by atoms with Crippen LogP contribution in [0.4, 0.5) is 23.0 Å². The van der Waals surface area contributed by atoms with Crippen LogP contribution in [0.2, 0.25) is 0 Å². The highest BCUT2D eigenvalue weighted by molar-refractivity contribution is 5.60. The smallest absolute Gasteiger partial charge is 0.153 e. The number of aromatic nitrogens is 2. The number of benzene rings is 2. The summed E-state index contributed by atoms with van der Waals surface area (Å²) in [5.74, 6) is 1.45. The summed E-state index contributed by atoms with van der Waals surface area (Å²) in [6.45, 7) is 4.12. The Balaban J connectivity index is 1.70. The maximum absolute atomic E-state index is 4.20. The zero-order chi connectivity index (χ0) is 15.4. The molecule has 0 spiro atoms. The van der Waals surface area contributed by atoms with E-state index in [1.165, 1.54) is 11.1 Å². The van der Waals surface area contributed by atoms with Gasteiger partial charge in [-0.05, 0) is 61.4 Å². The number of nitrogens with one attached hydrogen (secondary N) is 2. The number of hydrogen-bond acceptors (Lipinski definition) is 4. The third-order valence-corrected chi connectivity index (χ3v) is 3.25. The summed E-state index contributed by atoms with van der Waals surface area (Å²) >= 11 is 0. The second-order valence-corrected chi connectivity index (χ2v) is 5.29. The van der Waals surface area contributed by atoms with Crippen molar-refractivity contribution in [2.24, 2.45) is 0 Å². The topological polar surface area (TPSA) is 49.8 Å². The van der Waals surface area contributed by atoms with Crippen LogP contribution in [-0.2, 0) is 0 Å². The summed E-state index contributed by atoms with van der Waals surface area (Å²) in [5, 5.41) is 14.9. The van der Waals surface area contributed by atoms with E-state index in [1.54, 1.807) is 0 Å². The Labute approximate surface area is 130 Å². The number of nitrogens with zero attached hydrogens (tertiary/aromatic N) is 2. The molecule has 0 atom stereocenters. The Bertz CT molecular complexity index is 700. The van der Waals surface area contributed by atoms with Gasteiger partial charge in [-0.3, -0.25) is 0 Å². The number of hydrogen-bond donors (Lipinski definition) is 2. The molecule has 3 aromatic rings. The Hall–Kier alpha value is -2.88. The van der Waals surface area contributed by atoms with E-state index in [2.05, 4.69) is 58.9 Å². The highest BCUT2D eigenvalue weighted by Crippen LogP contribution is 2.18. The summed E-state index contributed by atoms with van der Waals surface area (Å²) in [4.78, 5) is 0. The highest BCUT2D eigenvalue weighted by atomic mass is 15.2. The number of rotatable bonds is 4. The van der Waals surface area contributed by atoms with Crippen molar-refractivity contribution < 1.29 is 0 Å². The largest absolute Gasteiger partial charge is 0.339 e. The van der Waals surface area contributed by atoms with Gasteiger partial charge in [0.2, 0.25) is 0 Å². The van der Waals surface area contributed by atoms with Gasteiger partial charge in [-0.2, -0.15) is 0 Å². The standard InChI is InChI=1S/C18H18N4/c1-13-5-3-7-15(11-13)19-17-9-10-18(22-21-17)20-16-8-4-6-14(2)12-16/h3-12H,1-2H3,(H,19,21)(H,20,22). The molecule has 110 valence electrons. The maximum atomic E-state index is 4.20. The molecule has 22 heavy (non-hydrogen) atoms. The molecule has 0 saturated carbocycles. The van der Waals surface area contributed by atoms with Crippen molar-refractivity contribution in [3.8, 4) is 0 Å². The van der Waals surface area contributed by atoms with Crippen molar-refractivity contribution in [1.29, 1.82) is 0 Å². The van der Waals surface area contributed by atoms with Gasteiger partial charge in [0.25, 0.3) is 0 Å². The van der Waals surface area contributed by atoms with E-state index in [0.717, 1.165) is 23.0 Å². The fourth-order valence-corrected chi connectivity index (χ4v) is 2.21. The maximum Gasteiger partial charge on any atom is 0.153 e. The van der Waals surface area contributed by atoms with Gasteiger partial charge in [0, 0.05) is 11.4 Å². The van der Waals surface area contributed by atoms with Gasteiger partial charge < -0.3 is 10.6 Å². The van der Waals surface area contributed by atoms with Gasteiger partial charge in [-0.25, -0.2) is 0 Å². The molecule has 3 rings (SSSR count). The first-order chi connectivity index (χ1) is 10.7. The fourth-order valence-electron chi connectivity index (χ4n) is 2.21. The minimum absolute atomic E-state index is 0.723. The van der Waals surface area contributed by atoms with Crippen molar-refractivity contribution in [3.05, 3.63) is 71.8 Å². The summed E-state index contributed by atoms with van der Waals surface area (Å²) in [5.41, 5.74) is 4.42. The molecular weight excluding hydrogens is 272 g/mol. The lowest BCUT2D eigenvalue weighted by molar-refractivity contribution is 1.04. The highest BCUT2D eigenvalue weighted by Gasteiger charge is 2.00. The lowest BCUT2D eigenvalue weighted by atomic mass is 10.2. The molecule has 1 aromatic heterocycles. The first-order valence-corrected chi connectivity index (χ1v) is 7.20. The van der Waals surface area contributed by atoms with E-state index in [9.17, 15) is 0 Å². The summed E-state index contributed by atoms with van der Waals surface area (Å²) in [7, 11) is 0. The minimum atomic E-state index is 0.723. The molecule has 2 aromatic carbocycles. The van der Waals surface area contributed by atoms with Crippen LogP contribution in [0.3, 0.4) is 0 Å². The normalized spacial score (nSPS) is 10.3. The van der Waals surface area contributed by atoms with Crippen LogP contribution in [-0.4, -0.2) is 10.2 Å². The van der Waals surface area contributed by atoms with Gasteiger partial charge in [0.1, 0.15) is 0 Å². The van der Waals surface area contributed by atoms with Crippen LogP contribution in [0.15, 0.2) is 60.7 Å². The second-order valence-electron chi connectivity index (χ2n) is 5.29. The van der Waals surface area contributed by atoms with Crippen molar-refractivity contribution in [1.82, 2.24) is 10.2 Å². The molecule has 0 amide bonds. The van der Waals surface area contributed by atoms with E-state index >= 15 is 0 Å². The van der Waals surface area contributed by atoms with E-state index in [-0.39, 0.29) is 0 Å². The van der Waals surface area contributed by atoms with E-state index in [4.69, 9.17) is 0 Å². The molecular formula is C18H18N4. The van der Waals surface area contributed by atoms with Crippen molar-refractivity contribution >= 4 is 23.0 Å². The van der Waals surface area contributed by atoms with Crippen LogP contribution in [0.1, 0.15) is 11.1 Å². The second kappa shape index (κ2) is 6.26. The zero-order valence-corrected chi connectivity index (χ0v) is 12.7. The molecule has 2 N–H and O–H groups in total. The predicted molar refractivity (Wildman–Crippen MR) is 91.0 cm³/mol. The predicted octanol–water partition coefficient (Wildman–Crippen LogP) is 4.58. The van der Waals surface area contributed by atoms with Crippen LogP contribution in [0, 0.1) is 13.8 Å². The Kier molecular flexibility index (Phi) is 4.01. The van der Waals surface area contributed by atoms with Crippen LogP contribution in [0.5, 0.6) is 0 Å². The third-order valence-electron chi connectivity index (χ3n) is 3.25. The molecule has 0 fully saturated rings. The summed E-state index contributed by atoms with van der Waals surface area (Å²) < 4.78 is 0. The average molecular weight is 290 g/mol. The van der Waals surface area contributed by atoms with Gasteiger partial charge >= 0.3 is 0 Å². The third kappa shape index (κ3) is 3.61. The Morgan fingerprint density at radius 3 is 1.45 bits per heavy atom. The molecule has 0 radical (unpaired) electrons. The Morgan fingerprint density at radius 1 is 0.636 bits per heavy atom. The molecule has 0 unspecified atom stereocenters. The lowest BCUT2D eigenvalue weighted by Crippen LogP contribution is -1.99. The molecule has 0 aliphatic rings. The number of anilines is 4. The zero-order valence-electron chi connectivity index (χ0n) is 12.7. The molecule has 0 aliphatic carbocycles. The fraction of sp³-hybridized carbons (Fsp3) is 0.111. The van der Waals surface area contributed by atoms with Crippen molar-refractivity contribution in [2.75, 3.05) is 10.6 Å². The molecule has 1 heterocycles. The van der Waals surface area contributed by atoms with E-state index < -0.39 is 0 Å². The molecule has 0 bridgehead atoms. The quantitative estimate of drug-likeness (QED) is 0.738. The molecule has 4 nitrogen and oxygen atoms in total. The average Bonchev–Trinajstić information content (AvgIpc) is 2.49. The van der Waals surface area contributed by atoms with Gasteiger partial charge in [-0.15, -0.1) is 10.2 Å². The van der Waals surface area contributed by atoms with Crippen LogP contribution < -0.4 is 10.6 Å². The van der Waals surface area contributed by atoms with Gasteiger partial charge in [0.05, 0.1) is 0 Å². The monoisotopic (exact) mass is 290 g/mol. The lowest BCUT2D eigenvalue weighted by Gasteiger charge is -2.08. The van der Waals surface area contributed by atoms with Crippen molar-refractivity contribution in [2.45, 2.75) is 13.8 Å². The van der Waals surface area contributed by atoms with Gasteiger partial charge in [-0.1, -0.05) is 24.3 Å². The van der Waals surface area contributed by atoms with E-state index in [1.807, 2.05) is 36.4 Å². The first-order valence-electron chi connectivity index (χ1n) is 7.20. The summed E-state index contributed by atoms with van der Waals surface area (Å²) in [6, 6.07) is 20.1. The minimum Gasteiger partial charge on any atom is -0.339 e. The molecule has 0 aliphatic heterocycles. The SMILES string of the molecule is Cc1cccc(Nc2ccc(Nc3cccc(C)c3)nn2)c1. The van der Waals surface area contributed by atoms with Crippen LogP contribution in [0.25, 0.3) is 0 Å². The van der Waals surface area contributed by atoms with Gasteiger partial charge in [0.15, 0.2) is 11.6 Å². The van der Waals surface area contributed by atoms with E-state index in [0.29, 0.717) is 0 Å². The Morgan fingerprint density at radius 2 is 1.09 bits per heavy atom.